The van der Waals surface area contributed by atoms with Gasteiger partial charge in [0.25, 0.3) is 5.91 Å². The number of carbonyl (C=O) groups is 2. The third-order valence-electron chi connectivity index (χ3n) is 4.81. The van der Waals surface area contributed by atoms with Gasteiger partial charge in [-0.3, -0.25) is 9.59 Å². The van der Waals surface area contributed by atoms with E-state index in [1.165, 1.54) is 25.4 Å². The highest BCUT2D eigenvalue weighted by Gasteiger charge is 2.33. The zero-order valence-corrected chi connectivity index (χ0v) is 17.0. The van der Waals surface area contributed by atoms with Crippen LogP contribution in [0, 0.1) is 0 Å². The van der Waals surface area contributed by atoms with Crippen LogP contribution in [0.1, 0.15) is 35.7 Å². The van der Waals surface area contributed by atoms with E-state index in [0.717, 1.165) is 12.3 Å². The number of carbonyl (C=O) groups excluding carboxylic acids is 2. The Morgan fingerprint density at radius 1 is 1.29 bits per heavy atom. The lowest BCUT2D eigenvalue weighted by molar-refractivity contribution is -0.137. The van der Waals surface area contributed by atoms with Crippen LogP contribution in [0.15, 0.2) is 30.6 Å². The van der Waals surface area contributed by atoms with Gasteiger partial charge in [-0.2, -0.15) is 13.2 Å². The van der Waals surface area contributed by atoms with E-state index in [2.05, 4.69) is 20.6 Å². The first-order valence-electron chi connectivity index (χ1n) is 9.64. The smallest absolute Gasteiger partial charge is 0.418 e. The van der Waals surface area contributed by atoms with Gasteiger partial charge in [0.15, 0.2) is 11.6 Å². The third kappa shape index (κ3) is 5.41. The Hall–Kier alpha value is -3.37. The standard InChI is InChI=1S/C20H22F3N5O3/c1-3-17(29)27-16-8-12(4-6-24-16)19(30)26-14-5-7-28(11-14)18-15(31-2)9-13(10-25-18)20(21,22)23/h4,6,8-10,14H,3,5,7,11H2,1-2H3,(H,26,30)(H,24,27,29). The number of alkyl halides is 3. The molecule has 2 aromatic rings. The number of halogens is 3. The first-order chi connectivity index (χ1) is 14.7. The van der Waals surface area contributed by atoms with Crippen LogP contribution in [0.5, 0.6) is 5.75 Å². The predicted molar refractivity (Wildman–Crippen MR) is 107 cm³/mol. The lowest BCUT2D eigenvalue weighted by atomic mass is 10.2. The molecule has 0 aliphatic carbocycles. The van der Waals surface area contributed by atoms with E-state index in [4.69, 9.17) is 4.74 Å². The summed E-state index contributed by atoms with van der Waals surface area (Å²) in [4.78, 5) is 33.8. The van der Waals surface area contributed by atoms with Crippen molar-refractivity contribution in [1.82, 2.24) is 15.3 Å². The Morgan fingerprint density at radius 2 is 2.06 bits per heavy atom. The molecule has 0 aromatic carbocycles. The molecule has 1 atom stereocenters. The Labute approximate surface area is 176 Å². The minimum Gasteiger partial charge on any atom is -0.493 e. The average molecular weight is 437 g/mol. The van der Waals surface area contributed by atoms with Crippen molar-refractivity contribution in [3.63, 3.8) is 0 Å². The number of methoxy groups -OCH3 is 1. The Kier molecular flexibility index (Phi) is 6.62. The number of hydrogen-bond donors (Lipinski definition) is 2. The average Bonchev–Trinajstić information content (AvgIpc) is 3.20. The van der Waals surface area contributed by atoms with E-state index in [0.29, 0.717) is 30.9 Å². The fourth-order valence-electron chi connectivity index (χ4n) is 3.19. The van der Waals surface area contributed by atoms with E-state index in [-0.39, 0.29) is 35.8 Å². The number of ether oxygens (including phenoxy) is 1. The van der Waals surface area contributed by atoms with Crippen molar-refractivity contribution in [3.8, 4) is 5.75 Å². The van der Waals surface area contributed by atoms with Gasteiger partial charge in [-0.25, -0.2) is 9.97 Å². The number of hydrogen-bond acceptors (Lipinski definition) is 6. The SMILES string of the molecule is CCC(=O)Nc1cc(C(=O)NC2CCN(c3ncc(C(F)(F)F)cc3OC)C2)ccn1. The van der Waals surface area contributed by atoms with Gasteiger partial charge >= 0.3 is 6.18 Å². The van der Waals surface area contributed by atoms with Crippen molar-refractivity contribution in [2.45, 2.75) is 32.0 Å². The normalized spacial score (nSPS) is 16.2. The number of nitrogens with zero attached hydrogens (tertiary/aromatic N) is 3. The molecule has 0 spiro atoms. The molecule has 0 saturated carbocycles. The fraction of sp³-hybridized carbons (Fsp3) is 0.400. The quantitative estimate of drug-likeness (QED) is 0.722. The first-order valence-corrected chi connectivity index (χ1v) is 9.64. The van der Waals surface area contributed by atoms with Crippen LogP contribution in [0.3, 0.4) is 0 Å². The third-order valence-corrected chi connectivity index (χ3v) is 4.81. The molecule has 1 fully saturated rings. The van der Waals surface area contributed by atoms with Gasteiger partial charge in [0.05, 0.1) is 12.7 Å². The summed E-state index contributed by atoms with van der Waals surface area (Å²) in [5.41, 5.74) is -0.550. The molecule has 2 aromatic heterocycles. The Balaban J connectivity index is 1.66. The number of anilines is 2. The van der Waals surface area contributed by atoms with Crippen LogP contribution in [0.4, 0.5) is 24.8 Å². The molecule has 1 aliphatic heterocycles. The van der Waals surface area contributed by atoms with Crippen LogP contribution in [0.25, 0.3) is 0 Å². The summed E-state index contributed by atoms with van der Waals surface area (Å²) in [6, 6.07) is 3.69. The van der Waals surface area contributed by atoms with Gasteiger partial charge in [-0.15, -0.1) is 0 Å². The monoisotopic (exact) mass is 437 g/mol. The second kappa shape index (κ2) is 9.19. The Morgan fingerprint density at radius 3 is 2.74 bits per heavy atom. The first kappa shape index (κ1) is 22.3. The van der Waals surface area contributed by atoms with Gasteiger partial charge in [-0.1, -0.05) is 6.92 Å². The fourth-order valence-corrected chi connectivity index (χ4v) is 3.19. The molecule has 1 unspecified atom stereocenters. The molecule has 0 bridgehead atoms. The lowest BCUT2D eigenvalue weighted by Gasteiger charge is -2.21. The van der Waals surface area contributed by atoms with Gasteiger partial charge in [0, 0.05) is 43.5 Å². The minimum atomic E-state index is -4.51. The Bertz CT molecular complexity index is 967. The highest BCUT2D eigenvalue weighted by atomic mass is 19.4. The van der Waals surface area contributed by atoms with Gasteiger partial charge in [0.2, 0.25) is 5.91 Å². The van der Waals surface area contributed by atoms with Crippen LogP contribution < -0.4 is 20.3 Å². The molecule has 31 heavy (non-hydrogen) atoms. The molecule has 1 saturated heterocycles. The van der Waals surface area contributed by atoms with Crippen molar-refractivity contribution in [2.75, 3.05) is 30.4 Å². The van der Waals surface area contributed by atoms with E-state index < -0.39 is 11.7 Å². The second-order valence-electron chi connectivity index (χ2n) is 6.98. The van der Waals surface area contributed by atoms with Crippen LogP contribution in [0.2, 0.25) is 0 Å². The number of amides is 2. The van der Waals surface area contributed by atoms with Crippen LogP contribution in [-0.2, 0) is 11.0 Å². The molecular weight excluding hydrogens is 415 g/mol. The van der Waals surface area contributed by atoms with E-state index in [1.807, 2.05) is 0 Å². The number of rotatable bonds is 6. The zero-order valence-electron chi connectivity index (χ0n) is 17.0. The molecule has 3 heterocycles. The maximum atomic E-state index is 12.9. The van der Waals surface area contributed by atoms with E-state index in [9.17, 15) is 22.8 Å². The summed E-state index contributed by atoms with van der Waals surface area (Å²) < 4.78 is 43.8. The largest absolute Gasteiger partial charge is 0.493 e. The van der Waals surface area contributed by atoms with Crippen molar-refractivity contribution < 1.29 is 27.5 Å². The summed E-state index contributed by atoms with van der Waals surface area (Å²) in [6.07, 6.45) is -1.44. The summed E-state index contributed by atoms with van der Waals surface area (Å²) in [7, 11) is 1.29. The number of nitrogens with one attached hydrogen (secondary N) is 2. The molecule has 3 rings (SSSR count). The second-order valence-corrected chi connectivity index (χ2v) is 6.98. The topological polar surface area (TPSA) is 96.5 Å². The zero-order chi connectivity index (χ0) is 22.6. The molecule has 2 amide bonds. The highest BCUT2D eigenvalue weighted by Crippen LogP contribution is 2.35. The number of aromatic nitrogens is 2. The summed E-state index contributed by atoms with van der Waals surface area (Å²) in [6.45, 7) is 2.57. The summed E-state index contributed by atoms with van der Waals surface area (Å²) in [5, 5.41) is 5.49. The van der Waals surface area contributed by atoms with Crippen molar-refractivity contribution in [3.05, 3.63) is 41.7 Å². The van der Waals surface area contributed by atoms with Gasteiger partial charge in [-0.05, 0) is 24.6 Å². The van der Waals surface area contributed by atoms with E-state index >= 15 is 0 Å². The summed E-state index contributed by atoms with van der Waals surface area (Å²) >= 11 is 0. The molecular formula is C20H22F3N5O3. The molecule has 1 aliphatic rings. The molecule has 11 heteroatoms. The lowest BCUT2D eigenvalue weighted by Crippen LogP contribution is -2.37. The van der Waals surface area contributed by atoms with Gasteiger partial charge < -0.3 is 20.3 Å². The molecule has 8 nitrogen and oxygen atoms in total. The van der Waals surface area contributed by atoms with Crippen molar-refractivity contribution >= 4 is 23.5 Å². The maximum Gasteiger partial charge on any atom is 0.418 e. The molecule has 2 N–H and O–H groups in total. The van der Waals surface area contributed by atoms with Crippen LogP contribution >= 0.6 is 0 Å². The van der Waals surface area contributed by atoms with Crippen molar-refractivity contribution in [2.24, 2.45) is 0 Å². The van der Waals surface area contributed by atoms with Crippen LogP contribution in [-0.4, -0.2) is 48.0 Å². The molecule has 0 radical (unpaired) electrons. The van der Waals surface area contributed by atoms with Gasteiger partial charge in [0.1, 0.15) is 5.82 Å². The number of pyridine rings is 2. The predicted octanol–water partition coefficient (Wildman–Crippen LogP) is 2.86. The maximum absolute atomic E-state index is 12.9. The summed E-state index contributed by atoms with van der Waals surface area (Å²) in [5.74, 6) is 0.0438. The van der Waals surface area contributed by atoms with E-state index in [1.54, 1.807) is 11.8 Å². The minimum absolute atomic E-state index is 0.0206. The van der Waals surface area contributed by atoms with Crippen molar-refractivity contribution in [1.29, 1.82) is 0 Å². The highest BCUT2D eigenvalue weighted by molar-refractivity contribution is 5.96. The molecule has 166 valence electrons.